The largest absolute Gasteiger partial charge is 0.461 e. The quantitative estimate of drug-likeness (QED) is 0.587. The highest BCUT2D eigenvalue weighted by molar-refractivity contribution is 5.84. The molecule has 4 heteroatoms. The van der Waals surface area contributed by atoms with Gasteiger partial charge < -0.3 is 4.74 Å². The lowest BCUT2D eigenvalue weighted by Gasteiger charge is -2.62. The number of hydrogen-bond donors (Lipinski definition) is 0. The molecule has 4 fully saturated rings. The van der Waals surface area contributed by atoms with Gasteiger partial charge in [0.2, 0.25) is 0 Å². The third-order valence-electron chi connectivity index (χ3n) is 9.48. The zero-order valence-corrected chi connectivity index (χ0v) is 19.6. The Morgan fingerprint density at radius 1 is 1.10 bits per heavy atom. The van der Waals surface area contributed by atoms with Gasteiger partial charge in [-0.2, -0.15) is 0 Å². The van der Waals surface area contributed by atoms with E-state index in [2.05, 4.69) is 32.6 Å². The third kappa shape index (κ3) is 3.11. The van der Waals surface area contributed by atoms with Crippen LogP contribution in [0.5, 0.6) is 0 Å². The van der Waals surface area contributed by atoms with Gasteiger partial charge >= 0.3 is 5.97 Å². The van der Waals surface area contributed by atoms with Gasteiger partial charge in [-0.1, -0.05) is 13.8 Å². The van der Waals surface area contributed by atoms with Gasteiger partial charge in [-0.25, -0.2) is 0 Å². The first-order valence-corrected chi connectivity index (χ1v) is 11.9. The van der Waals surface area contributed by atoms with Crippen LogP contribution in [0.25, 0.3) is 0 Å². The number of piperidine rings is 2. The molecule has 29 heavy (non-hydrogen) atoms. The molecular weight excluding hydrogens is 362 g/mol. The lowest BCUT2D eigenvalue weighted by atomic mass is 9.52. The van der Waals surface area contributed by atoms with Crippen LogP contribution in [0.4, 0.5) is 0 Å². The van der Waals surface area contributed by atoms with E-state index in [9.17, 15) is 9.59 Å². The van der Waals surface area contributed by atoms with Crippen molar-refractivity contribution in [3.05, 3.63) is 0 Å². The lowest BCUT2D eigenvalue weighted by molar-refractivity contribution is -0.176. The van der Waals surface area contributed by atoms with Gasteiger partial charge in [0.1, 0.15) is 11.9 Å². The van der Waals surface area contributed by atoms with E-state index in [1.165, 1.54) is 19.3 Å². The Hall–Kier alpha value is -0.900. The predicted molar refractivity (Wildman–Crippen MR) is 114 cm³/mol. The second-order valence-electron chi connectivity index (χ2n) is 12.2. The maximum absolute atomic E-state index is 12.7. The molecule has 3 unspecified atom stereocenters. The number of esters is 1. The highest BCUT2D eigenvalue weighted by Crippen LogP contribution is 2.63. The van der Waals surface area contributed by atoms with Gasteiger partial charge in [-0.15, -0.1) is 0 Å². The van der Waals surface area contributed by atoms with E-state index in [1.54, 1.807) is 0 Å². The minimum Gasteiger partial charge on any atom is -0.461 e. The second kappa shape index (κ2) is 6.80. The summed E-state index contributed by atoms with van der Waals surface area (Å²) < 4.78 is 6.21. The number of carbonyl (C=O) groups is 2. The molecule has 2 saturated carbocycles. The smallest absolute Gasteiger partial charge is 0.311 e. The molecule has 0 aromatic carbocycles. The predicted octanol–water partition coefficient (Wildman–Crippen LogP) is 4.85. The molecule has 2 aliphatic heterocycles. The van der Waals surface area contributed by atoms with Gasteiger partial charge in [0.05, 0.1) is 11.5 Å². The first kappa shape index (κ1) is 21.3. The number of carbonyl (C=O) groups excluding carboxylic acids is 2. The van der Waals surface area contributed by atoms with E-state index >= 15 is 0 Å². The van der Waals surface area contributed by atoms with Gasteiger partial charge in [-0.05, 0) is 96.9 Å². The number of Topliss-reactive ketones (excluding diaryl/α,β-unsaturated/α-hetero) is 1. The van der Waals surface area contributed by atoms with E-state index in [0.717, 1.165) is 25.8 Å². The van der Waals surface area contributed by atoms with Crippen LogP contribution in [-0.4, -0.2) is 40.9 Å². The van der Waals surface area contributed by atoms with Gasteiger partial charge in [0.15, 0.2) is 0 Å². The van der Waals surface area contributed by atoms with Crippen LogP contribution in [-0.2, 0) is 14.3 Å². The van der Waals surface area contributed by atoms with E-state index in [1.807, 2.05) is 20.8 Å². The van der Waals surface area contributed by atoms with Crippen LogP contribution >= 0.6 is 0 Å². The third-order valence-corrected chi connectivity index (χ3v) is 9.48. The maximum atomic E-state index is 12.7. The van der Waals surface area contributed by atoms with Crippen LogP contribution in [0.15, 0.2) is 0 Å². The molecule has 4 nitrogen and oxygen atoms in total. The van der Waals surface area contributed by atoms with Crippen molar-refractivity contribution in [3.63, 3.8) is 0 Å². The molecule has 0 aromatic heterocycles. The Bertz CT molecular complexity index is 697. The maximum Gasteiger partial charge on any atom is 0.311 e. The van der Waals surface area contributed by atoms with Crippen molar-refractivity contribution >= 4 is 11.8 Å². The average Bonchev–Trinajstić information content (AvgIpc) is 2.89. The normalized spacial score (nSPS) is 47.9. The Balaban J connectivity index is 1.59. The first-order chi connectivity index (χ1) is 13.4. The topological polar surface area (TPSA) is 46.6 Å². The Morgan fingerprint density at radius 3 is 2.45 bits per heavy atom. The summed E-state index contributed by atoms with van der Waals surface area (Å²) in [5.74, 6) is 2.77. The van der Waals surface area contributed by atoms with Crippen LogP contribution in [0.3, 0.4) is 0 Å². The summed E-state index contributed by atoms with van der Waals surface area (Å²) in [6.07, 6.45) is 6.48. The van der Waals surface area contributed by atoms with Crippen molar-refractivity contribution < 1.29 is 14.3 Å². The van der Waals surface area contributed by atoms with Crippen LogP contribution in [0.1, 0.15) is 87.0 Å². The second-order valence-corrected chi connectivity index (χ2v) is 12.2. The van der Waals surface area contributed by atoms with Crippen molar-refractivity contribution in [2.45, 2.75) is 105 Å². The molecule has 8 atom stereocenters. The molecule has 0 bridgehead atoms. The highest BCUT2D eigenvalue weighted by Gasteiger charge is 2.63. The van der Waals surface area contributed by atoms with E-state index in [-0.39, 0.29) is 29.1 Å². The summed E-state index contributed by atoms with van der Waals surface area (Å²) in [6.45, 7) is 16.1. The van der Waals surface area contributed by atoms with E-state index in [4.69, 9.17) is 4.74 Å². The first-order valence-electron chi connectivity index (χ1n) is 11.9. The molecule has 0 amide bonds. The van der Waals surface area contributed by atoms with Crippen molar-refractivity contribution in [2.24, 2.45) is 34.5 Å². The molecular formula is C25H41NO3. The van der Waals surface area contributed by atoms with Crippen LogP contribution < -0.4 is 0 Å². The minimum atomic E-state index is -0.449. The number of nitrogens with zero attached hydrogens (tertiary/aromatic N) is 1. The van der Waals surface area contributed by atoms with E-state index < -0.39 is 5.41 Å². The Labute approximate surface area is 177 Å². The summed E-state index contributed by atoms with van der Waals surface area (Å²) in [5, 5.41) is 0. The minimum absolute atomic E-state index is 0.0397. The van der Waals surface area contributed by atoms with Crippen molar-refractivity contribution in [1.29, 1.82) is 0 Å². The number of ketones is 1. The van der Waals surface area contributed by atoms with Crippen LogP contribution in [0.2, 0.25) is 0 Å². The number of fused-ring (bicyclic) bond motifs is 5. The molecule has 164 valence electrons. The zero-order chi connectivity index (χ0) is 21.4. The standard InChI is InChI=1S/C25H41NO3/c1-15-14-19-17-10-13-26-16(2)20(27)9-12-25(26,7)18(17)8-11-24(19,6)21(15)29-22(28)23(3,4)5/h15-19,21H,8-14H2,1-7H3/t15?,16?,17-,18-,19+,21?,24+,25-/m1/s1. The molecule has 4 rings (SSSR count). The summed E-state index contributed by atoms with van der Waals surface area (Å²) in [4.78, 5) is 27.6. The highest BCUT2D eigenvalue weighted by atomic mass is 16.5. The fourth-order valence-electron chi connectivity index (χ4n) is 7.80. The molecule has 0 N–H and O–H groups in total. The molecule has 2 saturated heterocycles. The van der Waals surface area contributed by atoms with Crippen molar-refractivity contribution in [1.82, 2.24) is 4.90 Å². The molecule has 2 heterocycles. The van der Waals surface area contributed by atoms with Crippen LogP contribution in [0, 0.1) is 34.5 Å². The summed E-state index contributed by atoms with van der Waals surface area (Å²) in [6, 6.07) is 0.0750. The molecule has 2 aliphatic carbocycles. The summed E-state index contributed by atoms with van der Waals surface area (Å²) >= 11 is 0. The lowest BCUT2D eigenvalue weighted by Crippen LogP contribution is -2.67. The van der Waals surface area contributed by atoms with Gasteiger partial charge in [0, 0.05) is 17.4 Å². The Kier molecular flexibility index (Phi) is 5.00. The average molecular weight is 404 g/mol. The molecule has 4 aliphatic rings. The SMILES string of the molecule is CC1C[C@H]2[C@@H]3CCN4C(C)C(=O)CC[C@]4(C)[C@@H]3CC[C@]2(C)C1OC(=O)C(C)(C)C. The number of rotatable bonds is 1. The van der Waals surface area contributed by atoms with Crippen molar-refractivity contribution in [3.8, 4) is 0 Å². The Morgan fingerprint density at radius 2 is 1.79 bits per heavy atom. The summed E-state index contributed by atoms with van der Waals surface area (Å²) in [5.41, 5.74) is -0.202. The zero-order valence-electron chi connectivity index (χ0n) is 19.6. The molecule has 0 spiro atoms. The molecule has 0 aromatic rings. The number of hydrogen-bond acceptors (Lipinski definition) is 4. The van der Waals surface area contributed by atoms with Crippen molar-refractivity contribution in [2.75, 3.05) is 6.54 Å². The molecule has 0 radical (unpaired) electrons. The van der Waals surface area contributed by atoms with E-state index in [0.29, 0.717) is 29.5 Å². The number of ether oxygens (including phenoxy) is 1. The fourth-order valence-corrected chi connectivity index (χ4v) is 7.80. The summed E-state index contributed by atoms with van der Waals surface area (Å²) in [7, 11) is 0. The van der Waals surface area contributed by atoms with Gasteiger partial charge in [-0.3, -0.25) is 14.5 Å². The monoisotopic (exact) mass is 403 g/mol. The van der Waals surface area contributed by atoms with Gasteiger partial charge in [0.25, 0.3) is 0 Å². The fraction of sp³-hybridized carbons (Fsp3) is 0.920.